The molecule has 0 aliphatic carbocycles. The van der Waals surface area contributed by atoms with Crippen molar-refractivity contribution in [3.05, 3.63) is 64.7 Å². The Labute approximate surface area is 185 Å². The minimum Gasteiger partial charge on any atom is -0.480 e. The topological polar surface area (TPSA) is 111 Å². The second kappa shape index (κ2) is 10.7. The summed E-state index contributed by atoms with van der Waals surface area (Å²) in [6, 6.07) is 12.0. The van der Waals surface area contributed by atoms with Crippen LogP contribution in [0.1, 0.15) is 31.9 Å². The molecular formula is C22H24ClNO7. The molecule has 0 unspecified atom stereocenters. The Balaban J connectivity index is 1.89. The first-order chi connectivity index (χ1) is 14.5. The number of ether oxygens (including phenoxy) is 3. The highest BCUT2D eigenvalue weighted by Gasteiger charge is 2.24. The van der Waals surface area contributed by atoms with Crippen molar-refractivity contribution in [2.75, 3.05) is 0 Å². The predicted octanol–water partition coefficient (Wildman–Crippen LogP) is 4.58. The number of alkyl carbamates (subject to hydrolysis) is 1. The van der Waals surface area contributed by atoms with E-state index in [1.165, 1.54) is 12.1 Å². The van der Waals surface area contributed by atoms with Gasteiger partial charge in [0, 0.05) is 17.0 Å². The molecule has 166 valence electrons. The zero-order valence-corrected chi connectivity index (χ0v) is 18.1. The van der Waals surface area contributed by atoms with Gasteiger partial charge in [-0.2, -0.15) is 0 Å². The summed E-state index contributed by atoms with van der Waals surface area (Å²) >= 11 is 6.00. The first-order valence-electron chi connectivity index (χ1n) is 9.43. The number of carboxylic acid groups (broad SMARTS) is 1. The van der Waals surface area contributed by atoms with E-state index in [2.05, 4.69) is 5.32 Å². The number of benzene rings is 2. The zero-order chi connectivity index (χ0) is 23.0. The summed E-state index contributed by atoms with van der Waals surface area (Å²) in [7, 11) is 0. The molecule has 0 saturated heterocycles. The van der Waals surface area contributed by atoms with E-state index >= 15 is 0 Å². The van der Waals surface area contributed by atoms with Gasteiger partial charge in [-0.05, 0) is 44.5 Å². The molecule has 0 aromatic heterocycles. The van der Waals surface area contributed by atoms with Crippen LogP contribution in [0, 0.1) is 0 Å². The number of halogens is 1. The molecule has 8 nitrogen and oxygen atoms in total. The second-order valence-electron chi connectivity index (χ2n) is 7.62. The molecule has 2 aromatic rings. The highest BCUT2D eigenvalue weighted by atomic mass is 35.5. The molecule has 0 aliphatic heterocycles. The van der Waals surface area contributed by atoms with Crippen molar-refractivity contribution in [1.82, 2.24) is 5.32 Å². The molecule has 0 fully saturated rings. The summed E-state index contributed by atoms with van der Waals surface area (Å²) in [4.78, 5) is 35.2. The minimum absolute atomic E-state index is 0.0197. The van der Waals surface area contributed by atoms with E-state index < -0.39 is 29.9 Å². The van der Waals surface area contributed by atoms with Crippen LogP contribution in [-0.4, -0.2) is 35.0 Å². The van der Waals surface area contributed by atoms with Crippen LogP contribution in [-0.2, 0) is 27.3 Å². The lowest BCUT2D eigenvalue weighted by atomic mass is 10.1. The number of carboxylic acids is 1. The third-order valence-corrected chi connectivity index (χ3v) is 4.23. The van der Waals surface area contributed by atoms with Crippen molar-refractivity contribution in [3.63, 3.8) is 0 Å². The van der Waals surface area contributed by atoms with Crippen LogP contribution in [0.3, 0.4) is 0 Å². The van der Waals surface area contributed by atoms with Crippen LogP contribution in [0.25, 0.3) is 0 Å². The Hall–Kier alpha value is -3.26. The molecule has 9 heteroatoms. The van der Waals surface area contributed by atoms with Gasteiger partial charge in [0.25, 0.3) is 0 Å². The van der Waals surface area contributed by atoms with Crippen LogP contribution in [0.5, 0.6) is 5.75 Å². The highest BCUT2D eigenvalue weighted by molar-refractivity contribution is 6.31. The van der Waals surface area contributed by atoms with Crippen molar-refractivity contribution in [2.24, 2.45) is 0 Å². The summed E-state index contributed by atoms with van der Waals surface area (Å²) in [5.74, 6) is -0.978. The van der Waals surface area contributed by atoms with Gasteiger partial charge in [-0.25, -0.2) is 14.4 Å². The molecule has 0 radical (unpaired) electrons. The maximum absolute atomic E-state index is 11.9. The lowest BCUT2D eigenvalue weighted by Crippen LogP contribution is -2.44. The number of aliphatic carboxylic acids is 1. The van der Waals surface area contributed by atoms with Crippen LogP contribution < -0.4 is 10.1 Å². The average molecular weight is 450 g/mol. The largest absolute Gasteiger partial charge is 0.514 e. The second-order valence-corrected chi connectivity index (χ2v) is 8.02. The Kier molecular flexibility index (Phi) is 8.27. The van der Waals surface area contributed by atoms with E-state index in [1.807, 2.05) is 0 Å². The Bertz CT molecular complexity index is 922. The standard InChI is InChI=1S/C22H24ClNO7/c1-22(2,3)31-20(27)24-18(19(25)26)12-14-8-10-16(11-9-14)30-21(28)29-13-15-6-4-5-7-17(15)23/h4-11,18H,12-13H2,1-3H3,(H,24,27)(H,25,26)/t18-/m0/s1. The molecule has 0 bridgehead atoms. The van der Waals surface area contributed by atoms with Gasteiger partial charge in [-0.3, -0.25) is 0 Å². The molecule has 31 heavy (non-hydrogen) atoms. The molecule has 0 spiro atoms. The van der Waals surface area contributed by atoms with Gasteiger partial charge in [-0.1, -0.05) is 41.9 Å². The fourth-order valence-corrected chi connectivity index (χ4v) is 2.65. The van der Waals surface area contributed by atoms with Crippen LogP contribution in [0.4, 0.5) is 9.59 Å². The molecule has 1 atom stereocenters. The van der Waals surface area contributed by atoms with Gasteiger partial charge in [0.15, 0.2) is 0 Å². The Morgan fingerprint density at radius 3 is 2.29 bits per heavy atom. The van der Waals surface area contributed by atoms with Crippen LogP contribution in [0.2, 0.25) is 5.02 Å². The maximum atomic E-state index is 11.9. The van der Waals surface area contributed by atoms with Crippen molar-refractivity contribution in [2.45, 2.75) is 45.4 Å². The number of hydrogen-bond donors (Lipinski definition) is 2. The molecule has 2 N–H and O–H groups in total. The van der Waals surface area contributed by atoms with E-state index in [4.69, 9.17) is 25.8 Å². The van der Waals surface area contributed by atoms with Crippen LogP contribution >= 0.6 is 11.6 Å². The lowest BCUT2D eigenvalue weighted by molar-refractivity contribution is -0.139. The minimum atomic E-state index is -1.20. The van der Waals surface area contributed by atoms with Crippen molar-refractivity contribution < 1.29 is 33.7 Å². The van der Waals surface area contributed by atoms with Crippen molar-refractivity contribution in [3.8, 4) is 5.75 Å². The van der Waals surface area contributed by atoms with E-state index in [-0.39, 0.29) is 18.8 Å². The Morgan fingerprint density at radius 2 is 1.71 bits per heavy atom. The number of carbonyl (C=O) groups is 3. The van der Waals surface area contributed by atoms with Crippen LogP contribution in [0.15, 0.2) is 48.5 Å². The quantitative estimate of drug-likeness (QED) is 0.470. The summed E-state index contributed by atoms with van der Waals surface area (Å²) < 4.78 is 15.2. The molecule has 0 heterocycles. The number of nitrogens with one attached hydrogen (secondary N) is 1. The number of rotatable bonds is 7. The smallest absolute Gasteiger partial charge is 0.480 e. The fourth-order valence-electron chi connectivity index (χ4n) is 2.46. The zero-order valence-electron chi connectivity index (χ0n) is 17.4. The van der Waals surface area contributed by atoms with Gasteiger partial charge in [0.1, 0.15) is 24.0 Å². The number of carbonyl (C=O) groups excluding carboxylic acids is 2. The molecule has 0 saturated carbocycles. The van der Waals surface area contributed by atoms with E-state index in [1.54, 1.807) is 57.2 Å². The summed E-state index contributed by atoms with van der Waals surface area (Å²) in [5.41, 5.74) is 0.515. The SMILES string of the molecule is CC(C)(C)OC(=O)N[C@@H](Cc1ccc(OC(=O)OCc2ccccc2Cl)cc1)C(=O)O. The monoisotopic (exact) mass is 449 g/mol. The third-order valence-electron chi connectivity index (χ3n) is 3.86. The van der Waals surface area contributed by atoms with E-state index in [0.717, 1.165) is 0 Å². The predicted molar refractivity (Wildman–Crippen MR) is 113 cm³/mol. The summed E-state index contributed by atoms with van der Waals surface area (Å²) in [6.45, 7) is 5.01. The van der Waals surface area contributed by atoms with E-state index in [9.17, 15) is 19.5 Å². The fraction of sp³-hybridized carbons (Fsp3) is 0.318. The molecule has 1 amide bonds. The average Bonchev–Trinajstić information content (AvgIpc) is 2.67. The molecular weight excluding hydrogens is 426 g/mol. The first kappa shape index (κ1) is 24.0. The first-order valence-corrected chi connectivity index (χ1v) is 9.80. The molecule has 2 aromatic carbocycles. The summed E-state index contributed by atoms with van der Waals surface area (Å²) in [5, 5.41) is 12.2. The number of hydrogen-bond acceptors (Lipinski definition) is 6. The van der Waals surface area contributed by atoms with E-state index in [0.29, 0.717) is 16.1 Å². The normalized spacial score (nSPS) is 11.9. The third kappa shape index (κ3) is 8.55. The lowest BCUT2D eigenvalue weighted by Gasteiger charge is -2.22. The van der Waals surface area contributed by atoms with Gasteiger partial charge in [0.2, 0.25) is 0 Å². The Morgan fingerprint density at radius 1 is 1.06 bits per heavy atom. The van der Waals surface area contributed by atoms with Gasteiger partial charge in [-0.15, -0.1) is 0 Å². The molecule has 0 aliphatic rings. The van der Waals surface area contributed by atoms with Crippen molar-refractivity contribution >= 4 is 29.8 Å². The molecule has 2 rings (SSSR count). The maximum Gasteiger partial charge on any atom is 0.514 e. The highest BCUT2D eigenvalue weighted by Crippen LogP contribution is 2.18. The number of amides is 1. The van der Waals surface area contributed by atoms with Crippen molar-refractivity contribution in [1.29, 1.82) is 0 Å². The van der Waals surface area contributed by atoms with Gasteiger partial charge >= 0.3 is 18.2 Å². The summed E-state index contributed by atoms with van der Waals surface area (Å²) in [6.07, 6.45) is -1.70. The van der Waals surface area contributed by atoms with Gasteiger partial charge in [0.05, 0.1) is 0 Å². The van der Waals surface area contributed by atoms with Gasteiger partial charge < -0.3 is 24.6 Å².